The Bertz CT molecular complexity index is 1880. The summed E-state index contributed by atoms with van der Waals surface area (Å²) in [7, 11) is -4.64. The van der Waals surface area contributed by atoms with Gasteiger partial charge in [-0.05, 0) is 0 Å². The standard InChI is InChI=1S/C48H81NO39.H3O4P/c49-1-9-33-17(57)25(65)41(73-9)82-34-10(2-50)75-43(27(67)19(34)59)84-36-12(4-52)77-45(29(69)21(36)61)86-38-14(6-54)79-47(31(71)23(38)63)88-40-16(8-56)80-48(32(72)24(40)64)87-39-15(7-55)78-46(30(70)22(39)62)85-37-13(5-53)76-44(28(68)20(37)60)83-35-11(3-51)74-42(81-33)26(66)18(35)58;1-5(2,3)4/h9-48,50-72H,1-8,49H2;(H3,1,2,3,4)/t9-,10-,11-,12+,13-,14-,15-,16-,17-,18+,19-,20-,21+,22+,23-,24+,25-,26+,27+,28+,29+,30+,31-,32+,33-,34-,35-,36-,37-,38-,39-,40-,41-,42-,43-,44-,45-,46-,47-,48-;/m1./s1. The molecule has 0 aromatic carbocycles. The fourth-order valence-electron chi connectivity index (χ4n) is 11.9. The minimum atomic E-state index is -4.64. The van der Waals surface area contributed by atoms with Crippen LogP contribution in [0, 0.1) is 0 Å². The smallest absolute Gasteiger partial charge is 0.394 e. The summed E-state index contributed by atoms with van der Waals surface area (Å²) in [5.74, 6) is 0. The molecule has 0 aliphatic carbocycles. The van der Waals surface area contributed by atoms with Gasteiger partial charge in [-0.25, -0.2) is 4.57 Å². The number of aliphatic hydroxyl groups excluding tert-OH is 23. The number of ether oxygens (including phenoxy) is 16. The average molecular weight is 1390 g/mol. The van der Waals surface area contributed by atoms with Crippen LogP contribution in [0.5, 0.6) is 0 Å². The molecule has 44 nitrogen and oxygen atoms in total. The van der Waals surface area contributed by atoms with Gasteiger partial charge in [-0.3, -0.25) is 0 Å². The molecule has 93 heavy (non-hydrogen) atoms. The second-order valence-electron chi connectivity index (χ2n) is 23.0. The number of rotatable bonds is 8. The van der Waals surface area contributed by atoms with E-state index in [0.717, 1.165) is 0 Å². The second-order valence-corrected chi connectivity index (χ2v) is 24.1. The van der Waals surface area contributed by atoms with Crippen molar-refractivity contribution in [3.63, 3.8) is 0 Å². The monoisotopic (exact) mass is 1390 g/mol. The summed E-state index contributed by atoms with van der Waals surface area (Å²) < 4.78 is 100. The molecule has 40 atom stereocenters. The van der Waals surface area contributed by atoms with Gasteiger partial charge in [0.15, 0.2) is 50.3 Å². The van der Waals surface area contributed by atoms with E-state index >= 15 is 0 Å². The van der Waals surface area contributed by atoms with E-state index in [0.29, 0.717) is 0 Å². The molecular formula is C48H84NO43P. The summed E-state index contributed by atoms with van der Waals surface area (Å²) >= 11 is 0. The molecule has 45 heteroatoms. The molecule has 0 amide bonds. The highest BCUT2D eigenvalue weighted by molar-refractivity contribution is 7.45. The number of hydrogen-bond acceptors (Lipinski definition) is 41. The van der Waals surface area contributed by atoms with E-state index in [4.69, 9.17) is 101 Å². The Balaban J connectivity index is 0.00000214. The zero-order valence-electron chi connectivity index (χ0n) is 48.3. The zero-order valence-corrected chi connectivity index (χ0v) is 49.2. The third-order valence-corrected chi connectivity index (χ3v) is 16.9. The van der Waals surface area contributed by atoms with Gasteiger partial charge in [0, 0.05) is 6.54 Å². The first-order valence-electron chi connectivity index (χ1n) is 29.0. The average Bonchev–Trinajstić information content (AvgIpc) is 0.828. The van der Waals surface area contributed by atoms with Crippen molar-refractivity contribution in [2.45, 2.75) is 246 Å². The zero-order chi connectivity index (χ0) is 68.6. The summed E-state index contributed by atoms with van der Waals surface area (Å²) in [5, 5.41) is 255. The molecule has 0 aromatic heterocycles. The van der Waals surface area contributed by atoms with Gasteiger partial charge < -0.3 is 214 Å². The van der Waals surface area contributed by atoms with Crippen molar-refractivity contribution >= 4 is 7.82 Å². The molecule has 544 valence electrons. The highest BCUT2D eigenvalue weighted by Gasteiger charge is 2.60. The van der Waals surface area contributed by atoms with Gasteiger partial charge in [0.05, 0.1) is 46.2 Å². The minimum absolute atomic E-state index is 0.580. The van der Waals surface area contributed by atoms with E-state index in [1.54, 1.807) is 0 Å². The quantitative estimate of drug-likeness (QED) is 0.100. The maximum atomic E-state index is 11.4. The highest BCUT2D eigenvalue weighted by Crippen LogP contribution is 2.40. The van der Waals surface area contributed by atoms with Crippen LogP contribution in [0.3, 0.4) is 0 Å². The molecule has 30 fully saturated rings. The maximum Gasteiger partial charge on any atom is 0.466 e. The summed E-state index contributed by atoms with van der Waals surface area (Å²) in [6.45, 7) is -8.06. The molecule has 0 spiro atoms. The summed E-state index contributed by atoms with van der Waals surface area (Å²) in [6.07, 6.45) is -80.9. The fourth-order valence-corrected chi connectivity index (χ4v) is 11.9. The van der Waals surface area contributed by atoms with Crippen LogP contribution in [0.4, 0.5) is 0 Å². The van der Waals surface area contributed by atoms with Crippen LogP contribution in [0.2, 0.25) is 0 Å². The number of phosphoric acid groups is 1. The van der Waals surface area contributed by atoms with Gasteiger partial charge in [-0.2, -0.15) is 0 Å². The lowest BCUT2D eigenvalue weighted by molar-refractivity contribution is -0.403. The molecule has 28 N–H and O–H groups in total. The number of aliphatic hydroxyl groups is 23. The first-order chi connectivity index (χ1) is 43.9. The molecule has 30 aliphatic heterocycles. The summed E-state index contributed by atoms with van der Waals surface area (Å²) in [5.41, 5.74) is 5.96. The Morgan fingerprint density at radius 3 is 0.430 bits per heavy atom. The lowest BCUT2D eigenvalue weighted by Crippen LogP contribution is -2.69. The predicted octanol–water partition coefficient (Wildman–Crippen LogP) is -18.4. The van der Waals surface area contributed by atoms with E-state index in [9.17, 15) is 117 Å². The van der Waals surface area contributed by atoms with Crippen LogP contribution in [-0.4, -0.2) is 431 Å². The molecule has 0 aromatic rings. The van der Waals surface area contributed by atoms with E-state index in [1.165, 1.54) is 0 Å². The van der Waals surface area contributed by atoms with Crippen molar-refractivity contribution in [2.75, 3.05) is 52.8 Å². The van der Waals surface area contributed by atoms with Crippen molar-refractivity contribution in [3.8, 4) is 0 Å². The van der Waals surface area contributed by atoms with Gasteiger partial charge in [0.1, 0.15) is 195 Å². The van der Waals surface area contributed by atoms with Crippen LogP contribution >= 0.6 is 7.82 Å². The van der Waals surface area contributed by atoms with E-state index in [2.05, 4.69) is 0 Å². The van der Waals surface area contributed by atoms with Crippen molar-refractivity contribution < 1.29 is 212 Å². The van der Waals surface area contributed by atoms with Crippen LogP contribution in [0.1, 0.15) is 0 Å². The largest absolute Gasteiger partial charge is 0.466 e. The van der Waals surface area contributed by atoms with Crippen molar-refractivity contribution in [1.82, 2.24) is 0 Å². The Hall–Kier alpha value is -1.49. The van der Waals surface area contributed by atoms with Crippen molar-refractivity contribution in [3.05, 3.63) is 0 Å². The first-order valence-corrected chi connectivity index (χ1v) is 30.6. The third kappa shape index (κ3) is 16.6. The van der Waals surface area contributed by atoms with E-state index < -0.39 is 306 Å². The SMILES string of the molecule is NC[C@H]1O[C@@H]2O[C@H]3[C@H](O)[C@H](O)[C@@H](O[C@H]4[C@@H](O)[C@H](O)[C@@H](O[C@H]5[C@H](O)[C@@H](O)[C@@H](O[C@H]6[C@@H](O)[C@H](O)[C@@H](O[C@H]7[C@@H](O)[C@H](O)[C@@H](O[C@H]8[C@H](O)[C@H](O)[C@@H](O[C@H]9[C@@H](O)[C@H](O)[C@@H](O[C@H]1[C@H](O)[C@H]2O)O[C@@H]9CO)O[C@@H]8CO)O[C@@H]7CO)O[C@@H]6CO)O[C@@H]5CO)O[C@H]4CO)O[C@@H]3CO.O=P(O)(O)O. The van der Waals surface area contributed by atoms with Gasteiger partial charge in [-0.15, -0.1) is 0 Å². The lowest BCUT2D eigenvalue weighted by Gasteiger charge is -2.50. The molecule has 30 aliphatic rings. The first kappa shape index (κ1) is 77.3. The molecule has 30 heterocycles. The van der Waals surface area contributed by atoms with E-state index in [-0.39, 0.29) is 0 Å². The third-order valence-electron chi connectivity index (χ3n) is 16.9. The Morgan fingerprint density at radius 1 is 0.215 bits per heavy atom. The van der Waals surface area contributed by atoms with Crippen LogP contribution in [0.25, 0.3) is 0 Å². The number of nitrogens with two attached hydrogens (primary N) is 1. The van der Waals surface area contributed by atoms with Gasteiger partial charge in [-0.1, -0.05) is 0 Å². The Labute approximate surface area is 523 Å². The molecular weight excluding hydrogens is 1310 g/mol. The molecule has 0 unspecified atom stereocenters. The summed E-state index contributed by atoms with van der Waals surface area (Å²) in [6, 6.07) is 0. The molecule has 30 rings (SSSR count). The molecule has 0 saturated carbocycles. The van der Waals surface area contributed by atoms with Crippen molar-refractivity contribution in [2.24, 2.45) is 5.73 Å². The molecule has 30 saturated heterocycles. The summed E-state index contributed by atoms with van der Waals surface area (Å²) in [4.78, 5) is 21.6. The second kappa shape index (κ2) is 32.9. The Morgan fingerprint density at radius 2 is 0.323 bits per heavy atom. The highest BCUT2D eigenvalue weighted by atomic mass is 31.2. The van der Waals surface area contributed by atoms with Crippen LogP contribution in [-0.2, 0) is 80.4 Å². The minimum Gasteiger partial charge on any atom is -0.394 e. The van der Waals surface area contributed by atoms with Gasteiger partial charge >= 0.3 is 7.82 Å². The van der Waals surface area contributed by atoms with E-state index in [1.807, 2.05) is 0 Å². The molecule has 16 bridgehead atoms. The number of hydrogen-bond donors (Lipinski definition) is 27. The van der Waals surface area contributed by atoms with Crippen LogP contribution < -0.4 is 5.73 Å². The van der Waals surface area contributed by atoms with Gasteiger partial charge in [0.2, 0.25) is 0 Å². The van der Waals surface area contributed by atoms with Gasteiger partial charge in [0.25, 0.3) is 0 Å². The van der Waals surface area contributed by atoms with Crippen molar-refractivity contribution in [1.29, 1.82) is 0 Å². The molecule has 0 radical (unpaired) electrons. The fraction of sp³-hybridized carbons (Fsp3) is 1.00. The van der Waals surface area contributed by atoms with Crippen LogP contribution in [0.15, 0.2) is 0 Å². The predicted molar refractivity (Wildman–Crippen MR) is 277 cm³/mol. The normalized spacial score (nSPS) is 53.0. The Kier molecular flexibility index (Phi) is 27.3. The topological polar surface area (TPSA) is 717 Å². The lowest BCUT2D eigenvalue weighted by atomic mass is 9.94. The maximum absolute atomic E-state index is 11.4.